The van der Waals surface area contributed by atoms with E-state index >= 15 is 0 Å². The fourth-order valence-electron chi connectivity index (χ4n) is 3.30. The Kier molecular flexibility index (Phi) is 8.91. The number of nitrogens with zero attached hydrogens (tertiary/aromatic N) is 2. The Balaban J connectivity index is 0.00000131. The number of likely N-dealkylation sites (tertiary alicyclic amines) is 1. The number of ether oxygens (including phenoxy) is 1. The molecule has 2 aromatic carbocycles. The third kappa shape index (κ3) is 5.85. The first-order chi connectivity index (χ1) is 12.3. The summed E-state index contributed by atoms with van der Waals surface area (Å²) in [5, 5.41) is 2.09. The van der Waals surface area contributed by atoms with Gasteiger partial charge in [-0.3, -0.25) is 0 Å². The quantitative estimate of drug-likeness (QED) is 0.463. The van der Waals surface area contributed by atoms with E-state index in [-0.39, 0.29) is 24.8 Å². The van der Waals surface area contributed by atoms with Crippen LogP contribution in [0.25, 0.3) is 10.2 Å². The number of para-hydroxylation sites is 1. The van der Waals surface area contributed by atoms with Crippen molar-refractivity contribution >= 4 is 63.2 Å². The summed E-state index contributed by atoms with van der Waals surface area (Å²) in [5.74, 6) is 1.82. The van der Waals surface area contributed by atoms with Crippen LogP contribution in [0.4, 0.5) is 0 Å². The van der Waals surface area contributed by atoms with Crippen LogP contribution in [0.5, 0.6) is 10.9 Å². The van der Waals surface area contributed by atoms with Gasteiger partial charge in [-0.1, -0.05) is 23.5 Å². The maximum absolute atomic E-state index is 5.93. The monoisotopic (exact) mass is 486 g/mol. The van der Waals surface area contributed by atoms with Crippen molar-refractivity contribution in [3.8, 4) is 10.9 Å². The van der Waals surface area contributed by atoms with E-state index in [1.165, 1.54) is 36.7 Å². The summed E-state index contributed by atoms with van der Waals surface area (Å²) >= 11 is 3.46. The van der Waals surface area contributed by atoms with E-state index in [2.05, 4.69) is 40.2 Å². The van der Waals surface area contributed by atoms with Crippen molar-refractivity contribution in [3.05, 3.63) is 54.1 Å². The molecule has 1 atom stereocenters. The molecule has 1 aliphatic heterocycles. The standard InChI is InChI=1S/C20H23AsN2OS.2ClH/c21-13-15-9-11-23(12-10-15)14-16-5-7-17(8-6-16)24-20-22-18-3-1-2-4-19(18)25-20;;/h1-8,15H,9-14,21H2;2*1H. The van der Waals surface area contributed by atoms with Crippen molar-refractivity contribution in [2.75, 3.05) is 13.1 Å². The predicted octanol–water partition coefficient (Wildman–Crippen LogP) is 5.20. The number of thiazole rings is 1. The van der Waals surface area contributed by atoms with Gasteiger partial charge in [-0.15, -0.1) is 24.8 Å². The molecule has 0 amide bonds. The maximum atomic E-state index is 5.93. The van der Waals surface area contributed by atoms with Crippen LogP contribution in [0.15, 0.2) is 48.5 Å². The molecule has 146 valence electrons. The Labute approximate surface area is 185 Å². The van der Waals surface area contributed by atoms with Gasteiger partial charge in [0.1, 0.15) is 0 Å². The summed E-state index contributed by atoms with van der Waals surface area (Å²) in [4.78, 5) is 7.10. The topological polar surface area (TPSA) is 25.4 Å². The molecule has 3 nitrogen and oxygen atoms in total. The van der Waals surface area contributed by atoms with Gasteiger partial charge in [0.05, 0.1) is 10.2 Å². The van der Waals surface area contributed by atoms with E-state index in [0.29, 0.717) is 5.19 Å². The van der Waals surface area contributed by atoms with E-state index in [9.17, 15) is 0 Å². The van der Waals surface area contributed by atoms with Gasteiger partial charge in [0.15, 0.2) is 0 Å². The molecule has 0 saturated carbocycles. The fraction of sp³-hybridized carbons (Fsp3) is 0.350. The second kappa shape index (κ2) is 10.7. The fourth-order valence-corrected chi connectivity index (χ4v) is 5.12. The van der Waals surface area contributed by atoms with Crippen LogP contribution in [0.1, 0.15) is 18.4 Å². The summed E-state index contributed by atoms with van der Waals surface area (Å²) < 4.78 is 7.09. The first-order valence-corrected chi connectivity index (χ1v) is 11.4. The zero-order valence-electron chi connectivity index (χ0n) is 15.0. The van der Waals surface area contributed by atoms with E-state index in [1.54, 1.807) is 11.3 Å². The van der Waals surface area contributed by atoms with Crippen molar-refractivity contribution in [3.63, 3.8) is 0 Å². The Morgan fingerprint density at radius 1 is 1.04 bits per heavy atom. The number of halogens is 2. The number of hydrogen-bond acceptors (Lipinski definition) is 4. The summed E-state index contributed by atoms with van der Waals surface area (Å²) in [5.41, 5.74) is 2.35. The Bertz CT molecular complexity index is 802. The van der Waals surface area contributed by atoms with E-state index < -0.39 is 0 Å². The molecule has 27 heavy (non-hydrogen) atoms. The van der Waals surface area contributed by atoms with Crippen molar-refractivity contribution in [1.82, 2.24) is 9.88 Å². The van der Waals surface area contributed by atoms with Gasteiger partial charge < -0.3 is 0 Å². The number of fused-ring (bicyclic) bond motifs is 1. The van der Waals surface area contributed by atoms with Gasteiger partial charge in [-0.2, -0.15) is 0 Å². The average molecular weight is 487 g/mol. The van der Waals surface area contributed by atoms with Crippen molar-refractivity contribution in [1.29, 1.82) is 0 Å². The van der Waals surface area contributed by atoms with E-state index in [4.69, 9.17) is 4.74 Å². The van der Waals surface area contributed by atoms with Crippen LogP contribution in [0.2, 0.25) is 5.21 Å². The predicted molar refractivity (Wildman–Crippen MR) is 122 cm³/mol. The Hall–Kier alpha value is -0.772. The number of piperidine rings is 1. The molecule has 1 unspecified atom stereocenters. The molecule has 1 aliphatic rings. The number of rotatable bonds is 5. The normalized spacial score (nSPS) is 15.1. The van der Waals surface area contributed by atoms with E-state index in [0.717, 1.165) is 28.4 Å². The molecule has 0 N–H and O–H groups in total. The second-order valence-corrected chi connectivity index (χ2v) is 8.63. The van der Waals surface area contributed by atoms with Crippen LogP contribution in [-0.4, -0.2) is 39.8 Å². The molecule has 1 fully saturated rings. The first kappa shape index (κ1) is 22.5. The molecule has 7 heteroatoms. The zero-order valence-corrected chi connectivity index (χ0v) is 19.9. The SMILES string of the molecule is Cl.Cl.[AsH2]CC1CCN(Cc2ccc(Oc3nc4ccccc4s3)cc2)CC1. The molecule has 2 heterocycles. The molecule has 4 rings (SSSR count). The van der Waals surface area contributed by atoms with Gasteiger partial charge in [-0.05, 0) is 12.1 Å². The van der Waals surface area contributed by atoms with Gasteiger partial charge >= 0.3 is 111 Å². The summed E-state index contributed by atoms with van der Waals surface area (Å²) in [6.07, 6.45) is 2.72. The van der Waals surface area contributed by atoms with Gasteiger partial charge in [-0.25, -0.2) is 4.98 Å². The molecule has 0 aliphatic carbocycles. The average Bonchev–Trinajstić information content (AvgIpc) is 3.06. The van der Waals surface area contributed by atoms with Crippen molar-refractivity contribution in [2.24, 2.45) is 5.92 Å². The number of benzene rings is 2. The van der Waals surface area contributed by atoms with Crippen LogP contribution in [0, 0.1) is 5.92 Å². The second-order valence-electron chi connectivity index (χ2n) is 6.65. The molecule has 0 spiro atoms. The van der Waals surface area contributed by atoms with Gasteiger partial charge in [0.25, 0.3) is 0 Å². The van der Waals surface area contributed by atoms with Crippen LogP contribution >= 0.6 is 36.2 Å². The summed E-state index contributed by atoms with van der Waals surface area (Å²) in [6.45, 7) is 3.51. The Morgan fingerprint density at radius 2 is 1.74 bits per heavy atom. The van der Waals surface area contributed by atoms with Gasteiger partial charge in [0.2, 0.25) is 0 Å². The number of aromatic nitrogens is 1. The molecular weight excluding hydrogens is 462 g/mol. The zero-order chi connectivity index (χ0) is 17.1. The third-order valence-corrected chi connectivity index (χ3v) is 7.16. The van der Waals surface area contributed by atoms with Crippen molar-refractivity contribution < 1.29 is 4.74 Å². The van der Waals surface area contributed by atoms with Gasteiger partial charge in [0, 0.05) is 0 Å². The number of hydrogen-bond donors (Lipinski definition) is 0. The Morgan fingerprint density at radius 3 is 2.41 bits per heavy atom. The van der Waals surface area contributed by atoms with Crippen molar-refractivity contribution in [2.45, 2.75) is 24.6 Å². The van der Waals surface area contributed by atoms with Crippen LogP contribution < -0.4 is 4.74 Å². The minimum absolute atomic E-state index is 0. The molecule has 3 aromatic rings. The summed E-state index contributed by atoms with van der Waals surface area (Å²) in [6, 6.07) is 16.6. The molecule has 1 aromatic heterocycles. The molecule has 0 bridgehead atoms. The molecule has 0 radical (unpaired) electrons. The van der Waals surface area contributed by atoms with Crippen LogP contribution in [-0.2, 0) is 6.54 Å². The first-order valence-electron chi connectivity index (χ1n) is 8.85. The minimum atomic E-state index is 0. The third-order valence-electron chi connectivity index (χ3n) is 4.85. The molecule has 1 saturated heterocycles. The van der Waals surface area contributed by atoms with Crippen LogP contribution in [0.3, 0.4) is 0 Å². The van der Waals surface area contributed by atoms with E-state index in [1.807, 2.05) is 35.1 Å². The molecular formula is C20H25AsCl2N2OS. The summed E-state index contributed by atoms with van der Waals surface area (Å²) in [7, 11) is 0.